The molecule has 1 fully saturated rings. The number of nitro benzene ring substituents is 1. The van der Waals surface area contributed by atoms with Gasteiger partial charge in [-0.3, -0.25) is 14.9 Å². The Labute approximate surface area is 171 Å². The van der Waals surface area contributed by atoms with Crippen LogP contribution in [0.25, 0.3) is 6.08 Å². The predicted octanol–water partition coefficient (Wildman–Crippen LogP) is 2.68. The molecule has 150 valence electrons. The van der Waals surface area contributed by atoms with Crippen molar-refractivity contribution in [2.45, 2.75) is 29.0 Å². The van der Waals surface area contributed by atoms with Gasteiger partial charge in [-0.25, -0.2) is 4.98 Å². The number of hydrogen-bond donors (Lipinski definition) is 1. The number of aryl methyl sites for hydroxylation is 1. The van der Waals surface area contributed by atoms with E-state index >= 15 is 0 Å². The molecular formula is C19H19N5O4S. The van der Waals surface area contributed by atoms with E-state index < -0.39 is 10.8 Å². The second-order valence-electron chi connectivity index (χ2n) is 6.42. The average Bonchev–Trinajstić information content (AvgIpc) is 3.37. The molecular weight excluding hydrogens is 394 g/mol. The number of aromatic nitrogens is 2. The van der Waals surface area contributed by atoms with Gasteiger partial charge in [-0.2, -0.15) is 5.26 Å². The Morgan fingerprint density at radius 3 is 3.03 bits per heavy atom. The van der Waals surface area contributed by atoms with Crippen molar-refractivity contribution in [3.05, 3.63) is 51.8 Å². The van der Waals surface area contributed by atoms with E-state index in [0.29, 0.717) is 28.8 Å². The van der Waals surface area contributed by atoms with Gasteiger partial charge >= 0.3 is 0 Å². The molecule has 9 nitrogen and oxygen atoms in total. The van der Waals surface area contributed by atoms with E-state index in [0.717, 1.165) is 12.8 Å². The van der Waals surface area contributed by atoms with Gasteiger partial charge < -0.3 is 14.6 Å². The quantitative estimate of drug-likeness (QED) is 0.320. The highest BCUT2D eigenvalue weighted by atomic mass is 32.2. The molecule has 0 spiro atoms. The molecule has 3 rings (SSSR count). The van der Waals surface area contributed by atoms with E-state index in [-0.39, 0.29) is 17.4 Å². The van der Waals surface area contributed by atoms with Crippen LogP contribution in [0.1, 0.15) is 18.4 Å². The molecule has 0 bridgehead atoms. The molecule has 29 heavy (non-hydrogen) atoms. The number of carbonyl (C=O) groups is 1. The molecule has 1 atom stereocenters. The summed E-state index contributed by atoms with van der Waals surface area (Å²) in [5.74, 6) is -0.530. The molecule has 0 radical (unpaired) electrons. The Kier molecular flexibility index (Phi) is 6.64. The van der Waals surface area contributed by atoms with Crippen LogP contribution in [-0.2, 0) is 16.6 Å². The lowest BCUT2D eigenvalue weighted by Crippen LogP contribution is -2.32. The van der Waals surface area contributed by atoms with Gasteiger partial charge in [0.15, 0.2) is 5.16 Å². The van der Waals surface area contributed by atoms with E-state index in [1.165, 1.54) is 23.9 Å². The maximum absolute atomic E-state index is 12.3. The Morgan fingerprint density at radius 2 is 2.41 bits per heavy atom. The molecule has 10 heteroatoms. The van der Waals surface area contributed by atoms with Crippen LogP contribution in [0.15, 0.2) is 46.2 Å². The average molecular weight is 413 g/mol. The van der Waals surface area contributed by atoms with Gasteiger partial charge in [0.2, 0.25) is 0 Å². The molecule has 2 aromatic rings. The monoisotopic (exact) mass is 413 g/mol. The summed E-state index contributed by atoms with van der Waals surface area (Å²) < 4.78 is 7.20. The lowest BCUT2D eigenvalue weighted by Gasteiger charge is -2.10. The topological polar surface area (TPSA) is 123 Å². The molecule has 1 unspecified atom stereocenters. The van der Waals surface area contributed by atoms with E-state index in [9.17, 15) is 20.2 Å². The second-order valence-corrected chi connectivity index (χ2v) is 7.43. The summed E-state index contributed by atoms with van der Waals surface area (Å²) in [7, 11) is 1.80. The standard InChI is InChI=1S/C19H19N5O4S/c1-23-7-6-21-19(23)29-17-5-4-13(10-16(17)24(26)27)9-14(11-20)18(25)22-12-15-3-2-8-28-15/h4-7,9-10,15H,2-3,8,12H2,1H3,(H,22,25). The smallest absolute Gasteiger partial charge is 0.283 e. The van der Waals surface area contributed by atoms with E-state index in [2.05, 4.69) is 10.3 Å². The third-order valence-corrected chi connectivity index (χ3v) is 5.49. The van der Waals surface area contributed by atoms with Crippen LogP contribution >= 0.6 is 11.8 Å². The fraction of sp³-hybridized carbons (Fsp3) is 0.316. The Balaban J connectivity index is 1.78. The van der Waals surface area contributed by atoms with E-state index in [1.807, 2.05) is 6.07 Å². The van der Waals surface area contributed by atoms with Gasteiger partial charge in [-0.15, -0.1) is 0 Å². The number of hydrogen-bond acceptors (Lipinski definition) is 7. The molecule has 2 heterocycles. The molecule has 1 N–H and O–H groups in total. The maximum Gasteiger partial charge on any atom is 0.283 e. The van der Waals surface area contributed by atoms with Crippen LogP contribution < -0.4 is 5.32 Å². The van der Waals surface area contributed by atoms with E-state index in [1.54, 1.807) is 36.1 Å². The van der Waals surface area contributed by atoms with Crippen molar-refractivity contribution in [2.24, 2.45) is 7.05 Å². The number of carbonyl (C=O) groups excluding carboxylic acids is 1. The van der Waals surface area contributed by atoms with Crippen LogP contribution in [0.3, 0.4) is 0 Å². The lowest BCUT2D eigenvalue weighted by atomic mass is 10.1. The highest BCUT2D eigenvalue weighted by molar-refractivity contribution is 7.99. The minimum atomic E-state index is -0.530. The van der Waals surface area contributed by atoms with Crippen molar-refractivity contribution in [2.75, 3.05) is 13.2 Å². The number of benzene rings is 1. The minimum Gasteiger partial charge on any atom is -0.376 e. The third-order valence-electron chi connectivity index (χ3n) is 4.35. The number of imidazole rings is 1. The zero-order valence-electron chi connectivity index (χ0n) is 15.7. The molecule has 1 aromatic carbocycles. The first-order valence-electron chi connectivity index (χ1n) is 8.93. The van der Waals surface area contributed by atoms with Crippen LogP contribution in [0.5, 0.6) is 0 Å². The predicted molar refractivity (Wildman–Crippen MR) is 106 cm³/mol. The van der Waals surface area contributed by atoms with Crippen molar-refractivity contribution in [1.29, 1.82) is 5.26 Å². The molecule has 0 saturated carbocycles. The zero-order valence-corrected chi connectivity index (χ0v) is 16.5. The van der Waals surface area contributed by atoms with Crippen molar-refractivity contribution in [1.82, 2.24) is 14.9 Å². The summed E-state index contributed by atoms with van der Waals surface area (Å²) in [4.78, 5) is 27.9. The first kappa shape index (κ1) is 20.6. The number of ether oxygens (including phenoxy) is 1. The van der Waals surface area contributed by atoms with Gasteiger partial charge in [-0.05, 0) is 42.3 Å². The van der Waals surface area contributed by atoms with Gasteiger partial charge in [0.1, 0.15) is 11.6 Å². The molecule has 1 aromatic heterocycles. The third kappa shape index (κ3) is 5.22. The summed E-state index contributed by atoms with van der Waals surface area (Å²) in [6.45, 7) is 1.00. The SMILES string of the molecule is Cn1ccnc1Sc1ccc(C=C(C#N)C(=O)NCC2CCCO2)cc1[N+](=O)[O-]. The summed E-state index contributed by atoms with van der Waals surface area (Å²) in [5, 5.41) is 24.1. The summed E-state index contributed by atoms with van der Waals surface area (Å²) >= 11 is 1.17. The Bertz CT molecular complexity index is 989. The Morgan fingerprint density at radius 1 is 1.59 bits per heavy atom. The molecule has 1 aliphatic heterocycles. The summed E-state index contributed by atoms with van der Waals surface area (Å²) in [6, 6.07) is 6.41. The highest BCUT2D eigenvalue weighted by Gasteiger charge is 2.19. The second kappa shape index (κ2) is 9.36. The molecule has 0 aliphatic carbocycles. The van der Waals surface area contributed by atoms with Crippen LogP contribution in [-0.4, -0.2) is 39.6 Å². The summed E-state index contributed by atoms with van der Waals surface area (Å²) in [6.07, 6.45) is 6.48. The number of nitrogens with one attached hydrogen (secondary N) is 1. The zero-order chi connectivity index (χ0) is 20.8. The normalized spacial score (nSPS) is 16.4. The summed E-state index contributed by atoms with van der Waals surface area (Å²) in [5.41, 5.74) is 0.148. The van der Waals surface area contributed by atoms with Crippen LogP contribution in [0, 0.1) is 21.4 Å². The molecule has 1 aliphatic rings. The maximum atomic E-state index is 12.3. The number of nitriles is 1. The van der Waals surface area contributed by atoms with Crippen molar-refractivity contribution >= 4 is 29.4 Å². The number of nitrogens with zero attached hydrogens (tertiary/aromatic N) is 4. The van der Waals surface area contributed by atoms with Crippen LogP contribution in [0.2, 0.25) is 0 Å². The fourth-order valence-electron chi connectivity index (χ4n) is 2.82. The van der Waals surface area contributed by atoms with Gasteiger partial charge in [-0.1, -0.05) is 6.07 Å². The first-order valence-corrected chi connectivity index (χ1v) is 9.75. The van der Waals surface area contributed by atoms with Gasteiger partial charge in [0.05, 0.1) is 15.9 Å². The van der Waals surface area contributed by atoms with Gasteiger partial charge in [0.25, 0.3) is 11.6 Å². The highest BCUT2D eigenvalue weighted by Crippen LogP contribution is 2.34. The van der Waals surface area contributed by atoms with Crippen LogP contribution in [0.4, 0.5) is 5.69 Å². The molecule has 1 amide bonds. The van der Waals surface area contributed by atoms with Crippen molar-refractivity contribution in [3.63, 3.8) is 0 Å². The fourth-order valence-corrected chi connectivity index (χ4v) is 3.71. The molecule has 1 saturated heterocycles. The Hall–Kier alpha value is -3.16. The largest absolute Gasteiger partial charge is 0.376 e. The minimum absolute atomic E-state index is 0.0394. The van der Waals surface area contributed by atoms with Crippen molar-refractivity contribution < 1.29 is 14.5 Å². The number of amides is 1. The number of nitro groups is 1. The van der Waals surface area contributed by atoms with Crippen molar-refractivity contribution in [3.8, 4) is 6.07 Å². The first-order chi connectivity index (χ1) is 14.0. The van der Waals surface area contributed by atoms with Gasteiger partial charge in [0, 0.05) is 38.7 Å². The number of rotatable bonds is 7. The van der Waals surface area contributed by atoms with E-state index in [4.69, 9.17) is 4.74 Å². The lowest BCUT2D eigenvalue weighted by molar-refractivity contribution is -0.387.